The third-order valence-corrected chi connectivity index (χ3v) is 6.52. The highest BCUT2D eigenvalue weighted by atomic mass is 35.5. The quantitative estimate of drug-likeness (QED) is 0.281. The number of hydrogen-bond donors (Lipinski definition) is 2. The van der Waals surface area contributed by atoms with E-state index in [1.807, 2.05) is 24.3 Å². The molecule has 0 radical (unpaired) electrons. The molecule has 0 spiro atoms. The van der Waals surface area contributed by atoms with Crippen molar-refractivity contribution in [3.63, 3.8) is 0 Å². The Kier molecular flexibility index (Phi) is 6.83. The summed E-state index contributed by atoms with van der Waals surface area (Å²) in [6.45, 7) is 0. The van der Waals surface area contributed by atoms with Crippen molar-refractivity contribution in [1.82, 2.24) is 10.3 Å². The molecule has 0 unspecified atom stereocenters. The summed E-state index contributed by atoms with van der Waals surface area (Å²) in [7, 11) is 1.45. The number of hydrogen-bond acceptors (Lipinski definition) is 5. The van der Waals surface area contributed by atoms with Crippen LogP contribution in [0, 0.1) is 0 Å². The predicted octanol–water partition coefficient (Wildman–Crippen LogP) is 7.06. The van der Waals surface area contributed by atoms with E-state index in [1.165, 1.54) is 30.6 Å². The maximum Gasteiger partial charge on any atom is 0.257 e. The first-order chi connectivity index (χ1) is 15.4. The predicted molar refractivity (Wildman–Crippen MR) is 137 cm³/mol. The van der Waals surface area contributed by atoms with Gasteiger partial charge in [-0.15, -0.1) is 11.3 Å². The Morgan fingerprint density at radius 1 is 1.06 bits per heavy atom. The number of para-hydroxylation sites is 1. The van der Waals surface area contributed by atoms with Gasteiger partial charge >= 0.3 is 0 Å². The van der Waals surface area contributed by atoms with Gasteiger partial charge in [-0.25, -0.2) is 4.98 Å². The van der Waals surface area contributed by atoms with Gasteiger partial charge in [-0.3, -0.25) is 10.1 Å². The van der Waals surface area contributed by atoms with Crippen LogP contribution in [0.1, 0.15) is 10.4 Å². The number of nitrogens with one attached hydrogen (secondary N) is 2. The molecule has 1 amide bonds. The number of nitrogens with zero attached hydrogens (tertiary/aromatic N) is 1. The number of carbonyl (C=O) groups excluding carboxylic acids is 1. The average Bonchev–Trinajstić information content (AvgIpc) is 3.18. The second kappa shape index (κ2) is 9.60. The van der Waals surface area contributed by atoms with Crippen molar-refractivity contribution in [2.45, 2.75) is 0 Å². The molecule has 0 bridgehead atoms. The molecule has 0 saturated carbocycles. The monoisotopic (exact) mass is 521 g/mol. The molecule has 0 atom stereocenters. The van der Waals surface area contributed by atoms with Crippen LogP contribution in [0.3, 0.4) is 0 Å². The van der Waals surface area contributed by atoms with Crippen LogP contribution in [-0.4, -0.2) is 23.1 Å². The van der Waals surface area contributed by atoms with Gasteiger partial charge < -0.3 is 10.1 Å². The van der Waals surface area contributed by atoms with Crippen molar-refractivity contribution in [3.8, 4) is 16.3 Å². The van der Waals surface area contributed by atoms with Gasteiger partial charge in [0.25, 0.3) is 5.91 Å². The zero-order valence-corrected chi connectivity index (χ0v) is 20.3. The molecule has 2 N–H and O–H groups in total. The maximum atomic E-state index is 12.6. The van der Waals surface area contributed by atoms with Gasteiger partial charge in [-0.1, -0.05) is 46.9 Å². The Morgan fingerprint density at radius 2 is 1.78 bits per heavy atom. The highest BCUT2D eigenvalue weighted by molar-refractivity contribution is 7.80. The molecule has 0 aliphatic heterocycles. The van der Waals surface area contributed by atoms with Gasteiger partial charge in [-0.05, 0) is 54.7 Å². The van der Waals surface area contributed by atoms with Gasteiger partial charge in [0, 0.05) is 16.1 Å². The number of aromatic nitrogens is 1. The third-order valence-electron chi connectivity index (χ3n) is 4.45. The fourth-order valence-corrected chi connectivity index (χ4v) is 5.02. The van der Waals surface area contributed by atoms with Crippen molar-refractivity contribution in [2.24, 2.45) is 0 Å². The number of methoxy groups -OCH3 is 1. The summed E-state index contributed by atoms with van der Waals surface area (Å²) in [4.78, 5) is 17.3. The average molecular weight is 523 g/mol. The van der Waals surface area contributed by atoms with Crippen molar-refractivity contribution < 1.29 is 9.53 Å². The lowest BCUT2D eigenvalue weighted by Crippen LogP contribution is -2.34. The second-order valence-electron chi connectivity index (χ2n) is 6.56. The number of anilines is 1. The summed E-state index contributed by atoms with van der Waals surface area (Å²) in [6, 6.07) is 16.1. The first-order valence-corrected chi connectivity index (χ1v) is 11.5. The highest BCUT2D eigenvalue weighted by Crippen LogP contribution is 2.36. The number of thiazole rings is 1. The van der Waals surface area contributed by atoms with Crippen LogP contribution in [0.25, 0.3) is 20.8 Å². The zero-order valence-electron chi connectivity index (χ0n) is 16.4. The fourth-order valence-electron chi connectivity index (χ4n) is 3.00. The van der Waals surface area contributed by atoms with Crippen LogP contribution < -0.4 is 15.4 Å². The smallest absolute Gasteiger partial charge is 0.257 e. The lowest BCUT2D eigenvalue weighted by atomic mass is 10.2. The van der Waals surface area contributed by atoms with Crippen molar-refractivity contribution in [1.29, 1.82) is 0 Å². The number of amides is 1. The van der Waals surface area contributed by atoms with Crippen LogP contribution in [0.5, 0.6) is 5.75 Å². The van der Waals surface area contributed by atoms with Crippen molar-refractivity contribution in [3.05, 3.63) is 75.2 Å². The molecule has 10 heteroatoms. The summed E-state index contributed by atoms with van der Waals surface area (Å²) < 4.78 is 6.16. The van der Waals surface area contributed by atoms with E-state index in [1.54, 1.807) is 18.2 Å². The Bertz CT molecular complexity index is 1300. The van der Waals surface area contributed by atoms with Crippen molar-refractivity contribution >= 4 is 85.3 Å². The number of ether oxygens (including phenoxy) is 1. The summed E-state index contributed by atoms with van der Waals surface area (Å²) in [5.41, 5.74) is 2.56. The molecule has 0 aliphatic carbocycles. The minimum absolute atomic E-state index is 0.0998. The van der Waals surface area contributed by atoms with E-state index in [0.29, 0.717) is 16.5 Å². The molecular weight excluding hydrogens is 509 g/mol. The Balaban J connectivity index is 1.57. The Hall–Kier alpha value is -2.42. The topological polar surface area (TPSA) is 63.2 Å². The normalized spacial score (nSPS) is 10.8. The molecule has 162 valence electrons. The van der Waals surface area contributed by atoms with Gasteiger partial charge in [0.05, 0.1) is 33.1 Å². The van der Waals surface area contributed by atoms with Crippen LogP contribution in [0.2, 0.25) is 15.1 Å². The molecule has 1 heterocycles. The molecule has 1 aromatic heterocycles. The maximum absolute atomic E-state index is 12.6. The minimum atomic E-state index is -0.468. The summed E-state index contributed by atoms with van der Waals surface area (Å²) in [6.07, 6.45) is 0. The first-order valence-electron chi connectivity index (χ1n) is 9.16. The number of rotatable bonds is 4. The molecule has 0 fully saturated rings. The van der Waals surface area contributed by atoms with Crippen LogP contribution >= 0.6 is 58.4 Å². The van der Waals surface area contributed by atoms with Gasteiger partial charge in [0.15, 0.2) is 10.9 Å². The molecule has 32 heavy (non-hydrogen) atoms. The molecule has 5 nitrogen and oxygen atoms in total. The Labute approximate surface area is 208 Å². The molecular formula is C22H14Cl3N3O2S2. The fraction of sp³-hybridized carbons (Fsp3) is 0.0455. The van der Waals surface area contributed by atoms with Crippen LogP contribution in [0.15, 0.2) is 54.6 Å². The highest BCUT2D eigenvalue weighted by Gasteiger charge is 2.16. The third kappa shape index (κ3) is 4.82. The van der Waals surface area contributed by atoms with E-state index < -0.39 is 5.91 Å². The molecule has 3 aromatic carbocycles. The Morgan fingerprint density at radius 3 is 2.47 bits per heavy atom. The summed E-state index contributed by atoms with van der Waals surface area (Å²) in [5.74, 6) is -0.170. The molecule has 0 aliphatic rings. The lowest BCUT2D eigenvalue weighted by Gasteiger charge is -2.14. The largest absolute Gasteiger partial charge is 0.494 e. The summed E-state index contributed by atoms with van der Waals surface area (Å²) >= 11 is 25.4. The van der Waals surface area contributed by atoms with E-state index in [0.717, 1.165) is 20.8 Å². The van der Waals surface area contributed by atoms with E-state index >= 15 is 0 Å². The van der Waals surface area contributed by atoms with E-state index in [-0.39, 0.29) is 20.7 Å². The number of carbonyl (C=O) groups is 1. The van der Waals surface area contributed by atoms with E-state index in [9.17, 15) is 4.79 Å². The van der Waals surface area contributed by atoms with E-state index in [2.05, 4.69) is 15.6 Å². The number of benzene rings is 3. The molecule has 4 aromatic rings. The number of halogens is 3. The van der Waals surface area contributed by atoms with E-state index in [4.69, 9.17) is 51.8 Å². The molecule has 4 rings (SSSR count). The summed E-state index contributed by atoms with van der Waals surface area (Å²) in [5, 5.41) is 7.56. The van der Waals surface area contributed by atoms with Crippen LogP contribution in [-0.2, 0) is 0 Å². The lowest BCUT2D eigenvalue weighted by molar-refractivity contribution is 0.0977. The first kappa shape index (κ1) is 22.8. The minimum Gasteiger partial charge on any atom is -0.494 e. The second-order valence-corrected chi connectivity index (χ2v) is 9.25. The SMILES string of the molecule is COc1c(Cl)cc(C(=O)NC(=S)Nc2ccc(Cl)cc2-c2nc3ccccc3s2)cc1Cl. The molecule has 0 saturated heterocycles. The van der Waals surface area contributed by atoms with Gasteiger partial charge in [0.1, 0.15) is 5.01 Å². The van der Waals surface area contributed by atoms with Crippen molar-refractivity contribution in [2.75, 3.05) is 12.4 Å². The zero-order chi connectivity index (χ0) is 22.8. The van der Waals surface area contributed by atoms with Gasteiger partial charge in [0.2, 0.25) is 0 Å². The van der Waals surface area contributed by atoms with Gasteiger partial charge in [-0.2, -0.15) is 0 Å². The number of thiocarbonyl (C=S) groups is 1. The van der Waals surface area contributed by atoms with Crippen LogP contribution in [0.4, 0.5) is 5.69 Å². The number of fused-ring (bicyclic) bond motifs is 1. The standard InChI is InChI=1S/C22H14Cl3N3O2S2/c1-30-19-14(24)8-11(9-15(19)25)20(29)28-22(31)27-16-7-6-12(23)10-13(16)21-26-17-4-2-3-5-18(17)32-21/h2-10H,1H3,(H2,27,28,29,31).